The molecule has 0 fully saturated rings. The number of non-ortho nitro benzene ring substituents is 1. The predicted octanol–water partition coefficient (Wildman–Crippen LogP) is 2.10. The molecular formula is C12H16N4O4. The van der Waals surface area contributed by atoms with Gasteiger partial charge in [-0.2, -0.15) is 0 Å². The van der Waals surface area contributed by atoms with Crippen molar-refractivity contribution in [2.24, 2.45) is 0 Å². The summed E-state index contributed by atoms with van der Waals surface area (Å²) in [5.74, 6) is 0. The Hall–Kier alpha value is -2.22. The van der Waals surface area contributed by atoms with Gasteiger partial charge in [-0.05, 0) is 29.2 Å². The van der Waals surface area contributed by atoms with Crippen LogP contribution in [0.1, 0.15) is 25.7 Å². The number of aliphatic hydroxyl groups excluding tert-OH is 1. The highest BCUT2D eigenvalue weighted by Crippen LogP contribution is 2.28. The first-order valence-electron chi connectivity index (χ1n) is 6.48. The second-order valence-electron chi connectivity index (χ2n) is 4.42. The van der Waals surface area contributed by atoms with Crippen LogP contribution in [0.15, 0.2) is 16.8 Å². The lowest BCUT2D eigenvalue weighted by molar-refractivity contribution is -0.383. The van der Waals surface area contributed by atoms with Gasteiger partial charge < -0.3 is 10.4 Å². The number of rotatable bonds is 8. The molecule has 8 heteroatoms. The zero-order chi connectivity index (χ0) is 14.4. The minimum absolute atomic E-state index is 0.116. The fourth-order valence-electron chi connectivity index (χ4n) is 1.96. The lowest BCUT2D eigenvalue weighted by atomic mass is 10.2. The average Bonchev–Trinajstić information content (AvgIpc) is 2.91. The Bertz CT molecular complexity index is 584. The molecule has 0 saturated heterocycles. The molecular weight excluding hydrogens is 264 g/mol. The summed E-state index contributed by atoms with van der Waals surface area (Å²) >= 11 is 0. The van der Waals surface area contributed by atoms with E-state index in [4.69, 9.17) is 5.11 Å². The number of unbranched alkanes of at least 4 members (excludes halogenated alkanes) is 3. The van der Waals surface area contributed by atoms with Crippen LogP contribution in [0.4, 0.5) is 11.4 Å². The maximum Gasteiger partial charge on any atom is 0.300 e. The van der Waals surface area contributed by atoms with Gasteiger partial charge in [0.1, 0.15) is 0 Å². The molecule has 0 amide bonds. The van der Waals surface area contributed by atoms with Gasteiger partial charge in [0.05, 0.1) is 10.6 Å². The van der Waals surface area contributed by atoms with E-state index < -0.39 is 4.92 Å². The van der Waals surface area contributed by atoms with Gasteiger partial charge in [0.2, 0.25) is 5.52 Å². The molecule has 2 aromatic rings. The zero-order valence-corrected chi connectivity index (χ0v) is 10.9. The van der Waals surface area contributed by atoms with Gasteiger partial charge in [0, 0.05) is 19.2 Å². The van der Waals surface area contributed by atoms with Crippen molar-refractivity contribution in [3.05, 3.63) is 22.2 Å². The van der Waals surface area contributed by atoms with Gasteiger partial charge in [-0.1, -0.05) is 12.8 Å². The Kier molecular flexibility index (Phi) is 4.83. The van der Waals surface area contributed by atoms with E-state index in [2.05, 4.69) is 20.3 Å². The van der Waals surface area contributed by atoms with Crippen molar-refractivity contribution in [1.29, 1.82) is 0 Å². The first kappa shape index (κ1) is 14.2. The average molecular weight is 280 g/mol. The van der Waals surface area contributed by atoms with Crippen molar-refractivity contribution in [3.63, 3.8) is 0 Å². The maximum atomic E-state index is 10.8. The third-order valence-electron chi connectivity index (χ3n) is 2.99. The van der Waals surface area contributed by atoms with Crippen LogP contribution in [0.2, 0.25) is 0 Å². The van der Waals surface area contributed by atoms with Crippen LogP contribution in [0.3, 0.4) is 0 Å². The van der Waals surface area contributed by atoms with Crippen LogP contribution < -0.4 is 5.32 Å². The lowest BCUT2D eigenvalue weighted by Crippen LogP contribution is -2.02. The Morgan fingerprint density at radius 3 is 2.70 bits per heavy atom. The Balaban J connectivity index is 1.99. The Morgan fingerprint density at radius 1 is 1.20 bits per heavy atom. The van der Waals surface area contributed by atoms with Gasteiger partial charge >= 0.3 is 5.69 Å². The van der Waals surface area contributed by atoms with E-state index >= 15 is 0 Å². The molecule has 0 atom stereocenters. The highest BCUT2D eigenvalue weighted by atomic mass is 16.6. The second-order valence-corrected chi connectivity index (χ2v) is 4.42. The molecule has 1 aromatic carbocycles. The number of nitro groups is 1. The number of hydrogen-bond acceptors (Lipinski definition) is 7. The molecule has 0 aliphatic heterocycles. The zero-order valence-electron chi connectivity index (χ0n) is 10.9. The Morgan fingerprint density at radius 2 is 1.95 bits per heavy atom. The SMILES string of the molecule is O=[N+]([O-])c1ccc(NCCCCCCO)c2nonc12. The van der Waals surface area contributed by atoms with E-state index in [0.29, 0.717) is 11.2 Å². The van der Waals surface area contributed by atoms with Crippen molar-refractivity contribution in [1.82, 2.24) is 10.3 Å². The highest BCUT2D eigenvalue weighted by Gasteiger charge is 2.19. The molecule has 1 heterocycles. The largest absolute Gasteiger partial charge is 0.396 e. The lowest BCUT2D eigenvalue weighted by Gasteiger charge is -2.06. The third-order valence-corrected chi connectivity index (χ3v) is 2.99. The number of benzene rings is 1. The molecule has 0 radical (unpaired) electrons. The molecule has 0 aliphatic rings. The third kappa shape index (κ3) is 3.21. The van der Waals surface area contributed by atoms with Crippen LogP contribution in [0, 0.1) is 10.1 Å². The smallest absolute Gasteiger partial charge is 0.300 e. The van der Waals surface area contributed by atoms with E-state index in [1.807, 2.05) is 0 Å². The van der Waals surface area contributed by atoms with Gasteiger partial charge in [-0.25, -0.2) is 4.63 Å². The van der Waals surface area contributed by atoms with E-state index in [1.54, 1.807) is 6.07 Å². The summed E-state index contributed by atoms with van der Waals surface area (Å²) in [5, 5.41) is 30.0. The maximum absolute atomic E-state index is 10.8. The summed E-state index contributed by atoms with van der Waals surface area (Å²) < 4.78 is 4.58. The van der Waals surface area contributed by atoms with Crippen molar-refractivity contribution in [2.45, 2.75) is 25.7 Å². The van der Waals surface area contributed by atoms with Gasteiger partial charge in [-0.3, -0.25) is 10.1 Å². The van der Waals surface area contributed by atoms with Crippen molar-refractivity contribution in [3.8, 4) is 0 Å². The van der Waals surface area contributed by atoms with Crippen molar-refractivity contribution >= 4 is 22.4 Å². The molecule has 0 spiro atoms. The molecule has 20 heavy (non-hydrogen) atoms. The molecule has 1 aromatic heterocycles. The minimum Gasteiger partial charge on any atom is -0.396 e. The van der Waals surface area contributed by atoms with Crippen LogP contribution in [0.5, 0.6) is 0 Å². The molecule has 2 N–H and O–H groups in total. The first-order chi connectivity index (χ1) is 9.74. The van der Waals surface area contributed by atoms with Crippen LogP contribution in [-0.4, -0.2) is 33.5 Å². The van der Waals surface area contributed by atoms with Crippen molar-refractivity contribution < 1.29 is 14.7 Å². The normalized spacial score (nSPS) is 10.8. The molecule has 2 rings (SSSR count). The molecule has 0 bridgehead atoms. The molecule has 0 aliphatic carbocycles. The molecule has 0 unspecified atom stereocenters. The van der Waals surface area contributed by atoms with E-state index in [0.717, 1.165) is 32.2 Å². The van der Waals surface area contributed by atoms with Gasteiger partial charge in [0.15, 0.2) is 5.52 Å². The monoisotopic (exact) mass is 280 g/mol. The number of anilines is 1. The van der Waals surface area contributed by atoms with Crippen LogP contribution >= 0.6 is 0 Å². The number of nitrogens with one attached hydrogen (secondary N) is 1. The van der Waals surface area contributed by atoms with E-state index in [9.17, 15) is 10.1 Å². The topological polar surface area (TPSA) is 114 Å². The molecule has 108 valence electrons. The van der Waals surface area contributed by atoms with Gasteiger partial charge in [0.25, 0.3) is 0 Å². The first-order valence-corrected chi connectivity index (χ1v) is 6.48. The van der Waals surface area contributed by atoms with E-state index in [-0.39, 0.29) is 17.8 Å². The number of aliphatic hydroxyl groups is 1. The fourth-order valence-corrected chi connectivity index (χ4v) is 1.96. The molecule has 0 saturated carbocycles. The fraction of sp³-hybridized carbons (Fsp3) is 0.500. The summed E-state index contributed by atoms with van der Waals surface area (Å²) in [6, 6.07) is 3.00. The van der Waals surface area contributed by atoms with E-state index in [1.165, 1.54) is 6.07 Å². The number of aromatic nitrogens is 2. The second kappa shape index (κ2) is 6.80. The summed E-state index contributed by atoms with van der Waals surface area (Å²) in [6.45, 7) is 0.951. The number of fused-ring (bicyclic) bond motifs is 1. The minimum atomic E-state index is -0.509. The summed E-state index contributed by atoms with van der Waals surface area (Å²) in [7, 11) is 0. The van der Waals surface area contributed by atoms with Crippen molar-refractivity contribution in [2.75, 3.05) is 18.5 Å². The number of nitrogens with zero attached hydrogens (tertiary/aromatic N) is 3. The van der Waals surface area contributed by atoms with Crippen LogP contribution in [0.25, 0.3) is 11.0 Å². The summed E-state index contributed by atoms with van der Waals surface area (Å²) in [5.41, 5.74) is 1.08. The predicted molar refractivity (Wildman–Crippen MR) is 72.5 cm³/mol. The van der Waals surface area contributed by atoms with Gasteiger partial charge in [-0.15, -0.1) is 0 Å². The standard InChI is InChI=1S/C12H16N4O4/c17-8-4-2-1-3-7-13-9-5-6-10(16(18)19)12-11(9)14-20-15-12/h5-6,13,17H,1-4,7-8H2. The quantitative estimate of drug-likeness (QED) is 0.432. The molecule has 8 nitrogen and oxygen atoms in total. The Labute approximate surface area is 114 Å². The van der Waals surface area contributed by atoms with Crippen LogP contribution in [-0.2, 0) is 0 Å². The number of nitro benzene ring substituents is 1. The summed E-state index contributed by atoms with van der Waals surface area (Å²) in [6.07, 6.45) is 3.76. The highest BCUT2D eigenvalue weighted by molar-refractivity contribution is 5.93. The number of hydrogen-bond donors (Lipinski definition) is 2. The summed E-state index contributed by atoms with van der Waals surface area (Å²) in [4.78, 5) is 10.3.